The molecule has 0 aliphatic rings. The summed E-state index contributed by atoms with van der Waals surface area (Å²) in [5.74, 6) is -0.452. The molecule has 0 aliphatic carbocycles. The maximum absolute atomic E-state index is 13.4. The molecule has 2 aromatic heterocycles. The van der Waals surface area contributed by atoms with E-state index < -0.39 is 5.97 Å². The summed E-state index contributed by atoms with van der Waals surface area (Å²) in [7, 11) is 0. The summed E-state index contributed by atoms with van der Waals surface area (Å²) in [4.78, 5) is 29.7. The fourth-order valence-electron chi connectivity index (χ4n) is 4.24. The molecule has 0 atom stereocenters. The predicted molar refractivity (Wildman–Crippen MR) is 137 cm³/mol. The van der Waals surface area contributed by atoms with Crippen molar-refractivity contribution < 1.29 is 14.6 Å². The molecule has 0 bridgehead atoms. The van der Waals surface area contributed by atoms with Crippen LogP contribution in [0.15, 0.2) is 95.9 Å². The molecule has 0 saturated heterocycles. The van der Waals surface area contributed by atoms with E-state index >= 15 is 0 Å². The third-order valence-electron chi connectivity index (χ3n) is 6.10. The lowest BCUT2D eigenvalue weighted by Crippen LogP contribution is -2.22. The second-order valence-corrected chi connectivity index (χ2v) is 8.53. The van der Waals surface area contributed by atoms with Crippen LogP contribution in [0.1, 0.15) is 33.5 Å². The smallest absolute Gasteiger partial charge is 0.341 e. The third kappa shape index (κ3) is 4.90. The van der Waals surface area contributed by atoms with E-state index in [1.165, 1.54) is 16.3 Å². The van der Waals surface area contributed by atoms with Gasteiger partial charge in [-0.25, -0.2) is 14.3 Å². The normalized spacial score (nSPS) is 11.0. The molecule has 0 aliphatic heterocycles. The molecule has 0 amide bonds. The first-order chi connectivity index (χ1) is 17.6. The first-order valence-corrected chi connectivity index (χ1v) is 11.8. The van der Waals surface area contributed by atoms with Crippen LogP contribution in [0.5, 0.6) is 5.75 Å². The van der Waals surface area contributed by atoms with Crippen LogP contribution < -0.4 is 10.3 Å². The quantitative estimate of drug-likeness (QED) is 0.305. The number of carboxylic acids is 1. The molecule has 3 aromatic carbocycles. The summed E-state index contributed by atoms with van der Waals surface area (Å²) >= 11 is 0. The Balaban J connectivity index is 1.46. The van der Waals surface area contributed by atoms with E-state index in [1.54, 1.807) is 0 Å². The number of aryl methyl sites for hydroxylation is 1. The molecule has 2 N–H and O–H groups in total. The van der Waals surface area contributed by atoms with Gasteiger partial charge in [0.05, 0.1) is 5.69 Å². The van der Waals surface area contributed by atoms with E-state index in [9.17, 15) is 14.7 Å². The fraction of sp³-hybridized carbons (Fsp3) is 0.138. The minimum Gasteiger partial charge on any atom is -0.489 e. The summed E-state index contributed by atoms with van der Waals surface area (Å²) in [5, 5.41) is 12.3. The third-order valence-corrected chi connectivity index (χ3v) is 6.10. The van der Waals surface area contributed by atoms with Crippen LogP contribution in [0.2, 0.25) is 0 Å². The number of carbonyl (C=O) groups is 1. The molecule has 5 rings (SSSR count). The van der Waals surface area contributed by atoms with Gasteiger partial charge in [-0.1, -0.05) is 60.7 Å². The molecule has 180 valence electrons. The molecule has 0 spiro atoms. The van der Waals surface area contributed by atoms with Gasteiger partial charge in [0.2, 0.25) is 0 Å². The van der Waals surface area contributed by atoms with Crippen molar-refractivity contribution in [2.75, 3.05) is 0 Å². The average Bonchev–Trinajstić information content (AvgIpc) is 3.35. The van der Waals surface area contributed by atoms with Gasteiger partial charge in [-0.05, 0) is 54.7 Å². The number of carboxylic acid groups (broad SMARTS) is 1. The molecule has 0 saturated carbocycles. The van der Waals surface area contributed by atoms with Crippen molar-refractivity contribution in [1.29, 1.82) is 0 Å². The number of nitrogens with zero attached hydrogens (tertiary/aromatic N) is 2. The van der Waals surface area contributed by atoms with Gasteiger partial charge in [-0.15, -0.1) is 0 Å². The molecule has 0 radical (unpaired) electrons. The minimum absolute atomic E-state index is 0.0491. The Morgan fingerprint density at radius 1 is 0.889 bits per heavy atom. The lowest BCUT2D eigenvalue weighted by Gasteiger charge is -2.11. The number of hydrogen-bond acceptors (Lipinski definition) is 4. The van der Waals surface area contributed by atoms with Crippen LogP contribution in [-0.2, 0) is 19.4 Å². The summed E-state index contributed by atoms with van der Waals surface area (Å²) < 4.78 is 7.10. The highest BCUT2D eigenvalue weighted by Crippen LogP contribution is 2.25. The first-order valence-electron chi connectivity index (χ1n) is 11.8. The Bertz CT molecular complexity index is 1540. The zero-order valence-electron chi connectivity index (χ0n) is 19.6. The summed E-state index contributed by atoms with van der Waals surface area (Å²) in [6, 6.07) is 27.4. The van der Waals surface area contributed by atoms with Gasteiger partial charge in [0.1, 0.15) is 17.9 Å². The highest BCUT2D eigenvalue weighted by molar-refractivity contribution is 5.94. The number of benzene rings is 3. The Labute approximate surface area is 207 Å². The van der Waals surface area contributed by atoms with Gasteiger partial charge in [-0.2, -0.15) is 0 Å². The molecule has 7 heteroatoms. The highest BCUT2D eigenvalue weighted by atomic mass is 16.5. The van der Waals surface area contributed by atoms with Crippen LogP contribution in [0.4, 0.5) is 0 Å². The first kappa shape index (κ1) is 23.1. The number of aromatic carboxylic acids is 1. The van der Waals surface area contributed by atoms with Crippen molar-refractivity contribution in [3.63, 3.8) is 0 Å². The van der Waals surface area contributed by atoms with Crippen LogP contribution in [0, 0.1) is 0 Å². The highest BCUT2D eigenvalue weighted by Gasteiger charge is 2.20. The molecule has 2 heterocycles. The second-order valence-electron chi connectivity index (χ2n) is 8.53. The van der Waals surface area contributed by atoms with Gasteiger partial charge >= 0.3 is 5.97 Å². The van der Waals surface area contributed by atoms with Gasteiger partial charge in [-0.3, -0.25) is 9.89 Å². The van der Waals surface area contributed by atoms with E-state index in [4.69, 9.17) is 4.74 Å². The maximum Gasteiger partial charge on any atom is 0.341 e. The molecule has 36 heavy (non-hydrogen) atoms. The van der Waals surface area contributed by atoms with E-state index in [-0.39, 0.29) is 16.8 Å². The second kappa shape index (κ2) is 10.3. The summed E-state index contributed by atoms with van der Waals surface area (Å²) in [6.45, 7) is 0.446. The van der Waals surface area contributed by atoms with Gasteiger partial charge < -0.3 is 9.84 Å². The van der Waals surface area contributed by atoms with E-state index in [1.807, 2.05) is 72.8 Å². The molecule has 7 nitrogen and oxygen atoms in total. The Hall–Kier alpha value is -4.65. The maximum atomic E-state index is 13.4. The van der Waals surface area contributed by atoms with Crippen molar-refractivity contribution in [3.8, 4) is 17.0 Å². The summed E-state index contributed by atoms with van der Waals surface area (Å²) in [6.07, 6.45) is 3.38. The SMILES string of the molecule is O=C(O)c1c[nH]n2c(=O)c(CCCc3ccccc3)c(-c3ccc(OCc4ccccc4)cc3)nc12. The average molecular weight is 480 g/mol. The van der Waals surface area contributed by atoms with Crippen molar-refractivity contribution >= 4 is 11.6 Å². The van der Waals surface area contributed by atoms with Crippen LogP contribution >= 0.6 is 0 Å². The summed E-state index contributed by atoms with van der Waals surface area (Å²) in [5.41, 5.74) is 3.78. The van der Waals surface area contributed by atoms with Gasteiger partial charge in [0.15, 0.2) is 5.65 Å². The zero-order chi connectivity index (χ0) is 24.9. The van der Waals surface area contributed by atoms with E-state index in [2.05, 4.69) is 22.2 Å². The number of ether oxygens (including phenoxy) is 1. The standard InChI is InChI=1S/C29H25N3O4/c33-28-24(13-7-12-20-8-3-1-4-9-20)26(31-27-25(29(34)35)18-30-32(27)28)22-14-16-23(17-15-22)36-19-21-10-5-2-6-11-21/h1-6,8-11,14-18,30H,7,12-13,19H2,(H,34,35). The van der Waals surface area contributed by atoms with Crippen molar-refractivity contribution in [2.45, 2.75) is 25.9 Å². The van der Waals surface area contributed by atoms with Crippen LogP contribution in [-0.4, -0.2) is 25.7 Å². The van der Waals surface area contributed by atoms with Gasteiger partial charge in [0, 0.05) is 17.3 Å². The Morgan fingerprint density at radius 2 is 1.56 bits per heavy atom. The number of nitrogens with one attached hydrogen (secondary N) is 1. The molecule has 0 fully saturated rings. The zero-order valence-corrected chi connectivity index (χ0v) is 19.6. The predicted octanol–water partition coefficient (Wildman–Crippen LogP) is 5.14. The largest absolute Gasteiger partial charge is 0.489 e. The molecule has 5 aromatic rings. The van der Waals surface area contributed by atoms with Crippen molar-refractivity contribution in [1.82, 2.24) is 14.6 Å². The Kier molecular flexibility index (Phi) is 6.62. The number of fused-ring (bicyclic) bond motifs is 1. The number of hydrogen-bond donors (Lipinski definition) is 2. The van der Waals surface area contributed by atoms with Gasteiger partial charge in [0.25, 0.3) is 5.56 Å². The van der Waals surface area contributed by atoms with Crippen molar-refractivity contribution in [2.24, 2.45) is 0 Å². The number of rotatable bonds is 9. The lowest BCUT2D eigenvalue weighted by molar-refractivity contribution is 0.0698. The minimum atomic E-state index is -1.15. The van der Waals surface area contributed by atoms with E-state index in [0.29, 0.717) is 30.0 Å². The van der Waals surface area contributed by atoms with Crippen LogP contribution in [0.25, 0.3) is 16.9 Å². The van der Waals surface area contributed by atoms with Crippen molar-refractivity contribution in [3.05, 3.63) is 124 Å². The number of aromatic amines is 1. The van der Waals surface area contributed by atoms with E-state index in [0.717, 1.165) is 24.0 Å². The lowest BCUT2D eigenvalue weighted by atomic mass is 10.00. The Morgan fingerprint density at radius 3 is 2.22 bits per heavy atom. The number of aromatic nitrogens is 3. The fourth-order valence-corrected chi connectivity index (χ4v) is 4.24. The monoisotopic (exact) mass is 479 g/mol. The van der Waals surface area contributed by atoms with Crippen LogP contribution in [0.3, 0.4) is 0 Å². The topological polar surface area (TPSA) is 96.7 Å². The molecule has 0 unspecified atom stereocenters. The molecular weight excluding hydrogens is 454 g/mol. The molecular formula is C29H25N3O4. The number of H-pyrrole nitrogens is 1.